The lowest BCUT2D eigenvalue weighted by atomic mass is 10.0. The van der Waals surface area contributed by atoms with E-state index in [1.54, 1.807) is 0 Å². The summed E-state index contributed by atoms with van der Waals surface area (Å²) in [6.07, 6.45) is -2.68. The molecular formula is C15H27Cl3N2O5Si. The molecule has 0 bridgehead atoms. The van der Waals surface area contributed by atoms with E-state index in [1.165, 1.54) is 6.92 Å². The van der Waals surface area contributed by atoms with Gasteiger partial charge in [-0.1, -0.05) is 55.6 Å². The van der Waals surface area contributed by atoms with Gasteiger partial charge in [0, 0.05) is 6.92 Å². The first kappa shape index (κ1) is 23.9. The standard InChI is InChI=1S/C15H27Cl3N2O5Si/c1-8(21)23-11-10(19)9(25-26(5,6)14(2,3)4)7-22-12(11)24-13(20)15(16,17)18/h9-12,20H,7,19H2,1-6H3/t9?,10-,11?,12?/m0/s1. The molecule has 1 aliphatic rings. The Kier molecular flexibility index (Phi) is 7.83. The van der Waals surface area contributed by atoms with E-state index in [0.717, 1.165) is 0 Å². The molecule has 3 N–H and O–H groups in total. The second-order valence-corrected chi connectivity index (χ2v) is 14.8. The summed E-state index contributed by atoms with van der Waals surface area (Å²) in [6, 6.07) is -0.727. The molecule has 0 amide bonds. The summed E-state index contributed by atoms with van der Waals surface area (Å²) in [5.74, 6) is -1.23. The van der Waals surface area contributed by atoms with E-state index in [0.29, 0.717) is 0 Å². The van der Waals surface area contributed by atoms with Crippen molar-refractivity contribution >= 4 is 55.0 Å². The van der Waals surface area contributed by atoms with Gasteiger partial charge in [-0.05, 0) is 18.1 Å². The number of carbonyl (C=O) groups is 1. The van der Waals surface area contributed by atoms with Crippen LogP contribution in [0.3, 0.4) is 0 Å². The predicted octanol–water partition coefficient (Wildman–Crippen LogP) is 3.36. The zero-order valence-electron chi connectivity index (χ0n) is 15.8. The topological polar surface area (TPSA) is 104 Å². The fourth-order valence-electron chi connectivity index (χ4n) is 2.07. The molecule has 1 fully saturated rings. The van der Waals surface area contributed by atoms with Crippen LogP contribution in [0.1, 0.15) is 27.7 Å². The van der Waals surface area contributed by atoms with Gasteiger partial charge in [0.15, 0.2) is 14.4 Å². The Morgan fingerprint density at radius 2 is 1.77 bits per heavy atom. The molecule has 0 aromatic rings. The predicted molar refractivity (Wildman–Crippen MR) is 104 cm³/mol. The molecule has 0 aromatic carbocycles. The van der Waals surface area contributed by atoms with Crippen LogP contribution in [0.25, 0.3) is 0 Å². The summed E-state index contributed by atoms with van der Waals surface area (Å²) in [7, 11) is -2.13. The molecule has 4 atom stereocenters. The summed E-state index contributed by atoms with van der Waals surface area (Å²) in [6.45, 7) is 11.8. The number of esters is 1. The van der Waals surface area contributed by atoms with Gasteiger partial charge in [-0.2, -0.15) is 0 Å². The van der Waals surface area contributed by atoms with Gasteiger partial charge in [0.1, 0.15) is 0 Å². The summed E-state index contributed by atoms with van der Waals surface area (Å²) in [5, 5.41) is 7.65. The van der Waals surface area contributed by atoms with Gasteiger partial charge in [-0.15, -0.1) is 0 Å². The van der Waals surface area contributed by atoms with Crippen molar-refractivity contribution in [2.24, 2.45) is 5.73 Å². The van der Waals surface area contributed by atoms with Crippen molar-refractivity contribution in [3.8, 4) is 0 Å². The molecular weight excluding hydrogens is 423 g/mol. The van der Waals surface area contributed by atoms with Crippen molar-refractivity contribution in [3.63, 3.8) is 0 Å². The number of rotatable bonds is 4. The number of hydrogen-bond donors (Lipinski definition) is 2. The summed E-state index contributed by atoms with van der Waals surface area (Å²) in [4.78, 5) is 11.5. The van der Waals surface area contributed by atoms with E-state index < -0.39 is 48.5 Å². The molecule has 26 heavy (non-hydrogen) atoms. The highest BCUT2D eigenvalue weighted by atomic mass is 35.6. The number of carbonyl (C=O) groups excluding carboxylic acids is 1. The van der Waals surface area contributed by atoms with Crippen LogP contribution < -0.4 is 5.73 Å². The molecule has 0 spiro atoms. The Morgan fingerprint density at radius 3 is 2.19 bits per heavy atom. The van der Waals surface area contributed by atoms with E-state index in [2.05, 4.69) is 33.9 Å². The SMILES string of the molecule is CC(=O)OC1C(OC(=N)C(Cl)(Cl)Cl)OCC(O[Si](C)(C)C(C)(C)C)[C@@H]1N. The smallest absolute Gasteiger partial charge is 0.303 e. The maximum atomic E-state index is 11.5. The van der Waals surface area contributed by atoms with Crippen LogP contribution in [0.15, 0.2) is 0 Å². The fraction of sp³-hybridized carbons (Fsp3) is 0.867. The average Bonchev–Trinajstić information content (AvgIpc) is 2.43. The third-order valence-corrected chi connectivity index (χ3v) is 9.57. The van der Waals surface area contributed by atoms with E-state index >= 15 is 0 Å². The first-order valence-corrected chi connectivity index (χ1v) is 12.1. The van der Waals surface area contributed by atoms with Gasteiger partial charge >= 0.3 is 5.97 Å². The minimum absolute atomic E-state index is 0.0331. The third-order valence-electron chi connectivity index (χ3n) is 4.55. The maximum Gasteiger partial charge on any atom is 0.303 e. The van der Waals surface area contributed by atoms with Crippen molar-refractivity contribution in [2.45, 2.75) is 74.2 Å². The second kappa shape index (κ2) is 8.51. The van der Waals surface area contributed by atoms with E-state index in [4.69, 9.17) is 64.6 Å². The molecule has 0 aromatic heterocycles. The Bertz CT molecular complexity index is 536. The average molecular weight is 450 g/mol. The summed E-state index contributed by atoms with van der Waals surface area (Å²) in [5.41, 5.74) is 6.29. The molecule has 152 valence electrons. The summed E-state index contributed by atoms with van der Waals surface area (Å²) < 4.78 is 20.3. The van der Waals surface area contributed by atoms with Gasteiger partial charge in [-0.25, -0.2) is 0 Å². The number of hydrogen-bond acceptors (Lipinski definition) is 7. The Balaban J connectivity index is 2.96. The first-order valence-electron chi connectivity index (χ1n) is 8.11. The van der Waals surface area contributed by atoms with Crippen LogP contribution in [0.4, 0.5) is 0 Å². The van der Waals surface area contributed by atoms with E-state index in [1.807, 2.05) is 0 Å². The Morgan fingerprint density at radius 1 is 1.23 bits per heavy atom. The molecule has 11 heteroatoms. The van der Waals surface area contributed by atoms with Gasteiger partial charge in [0.25, 0.3) is 3.79 Å². The normalized spacial score (nSPS) is 27.8. The largest absolute Gasteiger partial charge is 0.454 e. The van der Waals surface area contributed by atoms with Crippen LogP contribution in [0.5, 0.6) is 0 Å². The van der Waals surface area contributed by atoms with E-state index in [-0.39, 0.29) is 11.6 Å². The van der Waals surface area contributed by atoms with Gasteiger partial charge in [0.05, 0.1) is 18.8 Å². The van der Waals surface area contributed by atoms with Crippen molar-refractivity contribution in [1.29, 1.82) is 5.41 Å². The molecule has 1 heterocycles. The molecule has 0 aliphatic carbocycles. The summed E-state index contributed by atoms with van der Waals surface area (Å²) >= 11 is 16.9. The molecule has 1 aliphatic heterocycles. The van der Waals surface area contributed by atoms with Gasteiger partial charge < -0.3 is 24.4 Å². The van der Waals surface area contributed by atoms with Crippen molar-refractivity contribution in [1.82, 2.24) is 0 Å². The number of ether oxygens (including phenoxy) is 3. The lowest BCUT2D eigenvalue weighted by Crippen LogP contribution is -2.63. The molecule has 0 saturated carbocycles. The van der Waals surface area contributed by atoms with Gasteiger partial charge in [-0.3, -0.25) is 10.2 Å². The molecule has 7 nitrogen and oxygen atoms in total. The number of nitrogens with two attached hydrogens (primary N) is 1. The molecule has 1 saturated heterocycles. The molecule has 3 unspecified atom stereocenters. The zero-order chi connectivity index (χ0) is 20.5. The monoisotopic (exact) mass is 448 g/mol. The van der Waals surface area contributed by atoms with Crippen molar-refractivity contribution in [3.05, 3.63) is 0 Å². The highest BCUT2D eigenvalue weighted by Gasteiger charge is 2.48. The minimum Gasteiger partial charge on any atom is -0.454 e. The highest BCUT2D eigenvalue weighted by molar-refractivity contribution is 6.76. The fourth-order valence-corrected chi connectivity index (χ4v) is 3.54. The van der Waals surface area contributed by atoms with Crippen LogP contribution in [-0.2, 0) is 23.4 Å². The lowest BCUT2D eigenvalue weighted by Gasteiger charge is -2.45. The van der Waals surface area contributed by atoms with Crippen LogP contribution in [-0.4, -0.2) is 55.1 Å². The molecule has 0 radical (unpaired) electrons. The third kappa shape index (κ3) is 6.22. The maximum absolute atomic E-state index is 11.5. The van der Waals surface area contributed by atoms with Crippen molar-refractivity contribution < 1.29 is 23.4 Å². The van der Waals surface area contributed by atoms with Crippen LogP contribution in [0, 0.1) is 5.41 Å². The minimum atomic E-state index is -2.13. The van der Waals surface area contributed by atoms with Crippen molar-refractivity contribution in [2.75, 3.05) is 6.61 Å². The quantitative estimate of drug-likeness (QED) is 0.224. The van der Waals surface area contributed by atoms with Gasteiger partial charge in [0.2, 0.25) is 12.2 Å². The Hall–Kier alpha value is -0.0931. The van der Waals surface area contributed by atoms with E-state index in [9.17, 15) is 4.79 Å². The second-order valence-electron chi connectivity index (χ2n) is 7.71. The number of halogens is 3. The van der Waals surface area contributed by atoms with Crippen LogP contribution >= 0.6 is 34.8 Å². The first-order chi connectivity index (χ1) is 11.6. The Labute approximate surface area is 170 Å². The lowest BCUT2D eigenvalue weighted by molar-refractivity contribution is -0.223. The van der Waals surface area contributed by atoms with Crippen LogP contribution in [0.2, 0.25) is 18.1 Å². The number of nitrogens with one attached hydrogen (secondary N) is 1. The number of alkyl halides is 3. The zero-order valence-corrected chi connectivity index (χ0v) is 19.0. The highest BCUT2D eigenvalue weighted by Crippen LogP contribution is 2.38. The molecule has 1 rings (SSSR count).